The summed E-state index contributed by atoms with van der Waals surface area (Å²) in [6.07, 6.45) is 1.76. The number of carboxylic acid groups (broad SMARTS) is 1. The van der Waals surface area contributed by atoms with Crippen molar-refractivity contribution >= 4 is 30.8 Å². The summed E-state index contributed by atoms with van der Waals surface area (Å²) in [5, 5.41) is 12.0. The number of benzene rings is 1. The van der Waals surface area contributed by atoms with Gasteiger partial charge in [0.1, 0.15) is 0 Å². The van der Waals surface area contributed by atoms with E-state index in [0.29, 0.717) is 18.7 Å². The first-order chi connectivity index (χ1) is 8.75. The van der Waals surface area contributed by atoms with Gasteiger partial charge in [-0.2, -0.15) is 0 Å². The molecule has 0 aliphatic rings. The summed E-state index contributed by atoms with van der Waals surface area (Å²) in [6.45, 7) is 1.39. The Labute approximate surface area is 130 Å². The van der Waals surface area contributed by atoms with E-state index in [1.807, 2.05) is 30.3 Å². The summed E-state index contributed by atoms with van der Waals surface area (Å²) in [7, 11) is 0. The Morgan fingerprint density at radius 2 is 1.75 bits per heavy atom. The van der Waals surface area contributed by atoms with Gasteiger partial charge in [0, 0.05) is 19.3 Å². The Balaban J connectivity index is 0.00000180. The van der Waals surface area contributed by atoms with E-state index in [9.17, 15) is 4.79 Å². The molecule has 4 nitrogen and oxygen atoms in total. The topological polar surface area (TPSA) is 62.2 Å². The number of hydrogen-bond acceptors (Lipinski definition) is 3. The number of hydrogen-bond donors (Lipinski definition) is 2. The second kappa shape index (κ2) is 9.31. The predicted octanol–water partition coefficient (Wildman–Crippen LogP) is 2.91. The lowest BCUT2D eigenvalue weighted by atomic mass is 10.1. The molecule has 0 bridgehead atoms. The Kier molecular flexibility index (Phi) is 8.56. The van der Waals surface area contributed by atoms with Gasteiger partial charge in [-0.25, -0.2) is 4.79 Å². The van der Waals surface area contributed by atoms with E-state index in [0.717, 1.165) is 11.3 Å². The molecule has 0 radical (unpaired) electrons. The van der Waals surface area contributed by atoms with Crippen LogP contribution in [0.4, 0.5) is 0 Å². The summed E-state index contributed by atoms with van der Waals surface area (Å²) in [4.78, 5) is 14.9. The van der Waals surface area contributed by atoms with Crippen molar-refractivity contribution in [2.24, 2.45) is 0 Å². The van der Waals surface area contributed by atoms with Gasteiger partial charge in [-0.15, -0.1) is 24.8 Å². The Morgan fingerprint density at radius 1 is 1.05 bits per heavy atom. The molecule has 0 saturated carbocycles. The summed E-state index contributed by atoms with van der Waals surface area (Å²) in [6, 6.07) is 12.6. The number of nitrogens with one attached hydrogen (secondary N) is 1. The lowest BCUT2D eigenvalue weighted by Crippen LogP contribution is -2.13. The lowest BCUT2D eigenvalue weighted by molar-refractivity contribution is 0.0697. The smallest absolute Gasteiger partial charge is 0.335 e. The van der Waals surface area contributed by atoms with Crippen molar-refractivity contribution in [3.8, 4) is 0 Å². The van der Waals surface area contributed by atoms with Crippen LogP contribution in [0, 0.1) is 0 Å². The van der Waals surface area contributed by atoms with Crippen LogP contribution in [0.1, 0.15) is 21.6 Å². The third-order valence-corrected chi connectivity index (χ3v) is 2.56. The molecule has 0 spiro atoms. The zero-order valence-corrected chi connectivity index (χ0v) is 12.3. The standard InChI is InChI=1S/C14H14N2O2.2ClH/c17-14(18)12-6-4-11(5-7-12)9-15-10-13-3-1-2-8-16-13;;/h1-8,15H,9-10H2,(H,17,18);2*1H. The maximum absolute atomic E-state index is 10.7. The summed E-state index contributed by atoms with van der Waals surface area (Å²) < 4.78 is 0. The fourth-order valence-corrected chi connectivity index (χ4v) is 1.60. The minimum Gasteiger partial charge on any atom is -0.478 e. The first-order valence-electron chi connectivity index (χ1n) is 5.68. The lowest BCUT2D eigenvalue weighted by Gasteiger charge is -2.04. The van der Waals surface area contributed by atoms with Crippen molar-refractivity contribution in [3.05, 3.63) is 65.5 Å². The number of carboxylic acids is 1. The van der Waals surface area contributed by atoms with Crippen LogP contribution in [0.5, 0.6) is 0 Å². The van der Waals surface area contributed by atoms with Crippen LogP contribution in [0.2, 0.25) is 0 Å². The summed E-state index contributed by atoms with van der Waals surface area (Å²) in [5.74, 6) is -0.900. The molecule has 0 aliphatic heterocycles. The molecule has 2 N–H and O–H groups in total. The van der Waals surface area contributed by atoms with Crippen LogP contribution in [-0.4, -0.2) is 16.1 Å². The van der Waals surface area contributed by atoms with Crippen LogP contribution >= 0.6 is 24.8 Å². The maximum atomic E-state index is 10.7. The third-order valence-electron chi connectivity index (χ3n) is 2.56. The highest BCUT2D eigenvalue weighted by atomic mass is 35.5. The Morgan fingerprint density at radius 3 is 2.30 bits per heavy atom. The summed E-state index contributed by atoms with van der Waals surface area (Å²) >= 11 is 0. The highest BCUT2D eigenvalue weighted by molar-refractivity contribution is 5.87. The molecule has 0 saturated heterocycles. The van der Waals surface area contributed by atoms with E-state index in [1.54, 1.807) is 18.3 Å². The molecule has 0 unspecified atom stereocenters. The minimum atomic E-state index is -0.900. The van der Waals surface area contributed by atoms with E-state index in [1.165, 1.54) is 0 Å². The van der Waals surface area contributed by atoms with Crippen LogP contribution in [0.3, 0.4) is 0 Å². The second-order valence-electron chi connectivity index (χ2n) is 3.93. The van der Waals surface area contributed by atoms with Crippen molar-refractivity contribution in [3.63, 3.8) is 0 Å². The third kappa shape index (κ3) is 5.57. The van der Waals surface area contributed by atoms with Crippen molar-refractivity contribution in [1.29, 1.82) is 0 Å². The highest BCUT2D eigenvalue weighted by Crippen LogP contribution is 2.04. The van der Waals surface area contributed by atoms with Gasteiger partial charge in [-0.3, -0.25) is 4.98 Å². The molecule has 6 heteroatoms. The molecular formula is C14H16Cl2N2O2. The van der Waals surface area contributed by atoms with E-state index in [4.69, 9.17) is 5.11 Å². The molecular weight excluding hydrogens is 299 g/mol. The molecule has 2 rings (SSSR count). The van der Waals surface area contributed by atoms with E-state index in [-0.39, 0.29) is 24.8 Å². The molecule has 0 atom stereocenters. The molecule has 2 aromatic rings. The Bertz CT molecular complexity index is 518. The van der Waals surface area contributed by atoms with E-state index >= 15 is 0 Å². The number of aromatic carboxylic acids is 1. The zero-order valence-electron chi connectivity index (χ0n) is 10.7. The first kappa shape index (κ1) is 18.4. The molecule has 0 amide bonds. The average molecular weight is 315 g/mol. The monoisotopic (exact) mass is 314 g/mol. The van der Waals surface area contributed by atoms with Crippen molar-refractivity contribution in [2.75, 3.05) is 0 Å². The molecule has 1 aromatic carbocycles. The van der Waals surface area contributed by atoms with Crippen molar-refractivity contribution in [2.45, 2.75) is 13.1 Å². The van der Waals surface area contributed by atoms with Crippen molar-refractivity contribution < 1.29 is 9.90 Å². The molecule has 1 aromatic heterocycles. The number of carbonyl (C=O) groups is 1. The van der Waals surface area contributed by atoms with Crippen LogP contribution in [0.25, 0.3) is 0 Å². The van der Waals surface area contributed by atoms with Gasteiger partial charge in [-0.1, -0.05) is 18.2 Å². The second-order valence-corrected chi connectivity index (χ2v) is 3.93. The molecule has 1 heterocycles. The minimum absolute atomic E-state index is 0. The maximum Gasteiger partial charge on any atom is 0.335 e. The fourth-order valence-electron chi connectivity index (χ4n) is 1.60. The summed E-state index contributed by atoms with van der Waals surface area (Å²) in [5.41, 5.74) is 2.35. The fraction of sp³-hybridized carbons (Fsp3) is 0.143. The van der Waals surface area contributed by atoms with Gasteiger partial charge in [0.15, 0.2) is 0 Å². The van der Waals surface area contributed by atoms with Gasteiger partial charge in [0.05, 0.1) is 11.3 Å². The number of rotatable bonds is 5. The quantitative estimate of drug-likeness (QED) is 0.890. The first-order valence-corrected chi connectivity index (χ1v) is 5.68. The van der Waals surface area contributed by atoms with E-state index in [2.05, 4.69) is 10.3 Å². The van der Waals surface area contributed by atoms with Gasteiger partial charge in [0.2, 0.25) is 0 Å². The normalized spacial score (nSPS) is 9.20. The number of nitrogens with zero attached hydrogens (tertiary/aromatic N) is 1. The largest absolute Gasteiger partial charge is 0.478 e. The van der Waals surface area contributed by atoms with Gasteiger partial charge >= 0.3 is 5.97 Å². The van der Waals surface area contributed by atoms with Crippen molar-refractivity contribution in [1.82, 2.24) is 10.3 Å². The zero-order chi connectivity index (χ0) is 12.8. The van der Waals surface area contributed by atoms with E-state index < -0.39 is 5.97 Å². The molecule has 0 aliphatic carbocycles. The van der Waals surface area contributed by atoms with Gasteiger partial charge < -0.3 is 10.4 Å². The predicted molar refractivity (Wildman–Crippen MR) is 82.7 cm³/mol. The van der Waals surface area contributed by atoms with Crippen LogP contribution in [0.15, 0.2) is 48.7 Å². The highest BCUT2D eigenvalue weighted by Gasteiger charge is 2.01. The molecule has 0 fully saturated rings. The number of halogens is 2. The van der Waals surface area contributed by atoms with Crippen LogP contribution < -0.4 is 5.32 Å². The van der Waals surface area contributed by atoms with Crippen LogP contribution in [-0.2, 0) is 13.1 Å². The molecule has 108 valence electrons. The van der Waals surface area contributed by atoms with Gasteiger partial charge in [0.25, 0.3) is 0 Å². The number of pyridine rings is 1. The molecule has 20 heavy (non-hydrogen) atoms. The Hall–Kier alpha value is -1.62. The van der Waals surface area contributed by atoms with Gasteiger partial charge in [-0.05, 0) is 29.8 Å². The average Bonchev–Trinajstić information content (AvgIpc) is 2.40. The number of aromatic nitrogens is 1. The SMILES string of the molecule is Cl.Cl.O=C(O)c1ccc(CNCc2ccccn2)cc1.